The minimum atomic E-state index is 0.730. The van der Waals surface area contributed by atoms with Gasteiger partial charge in [0, 0.05) is 11.6 Å². The average Bonchev–Trinajstić information content (AvgIpc) is 2.85. The van der Waals surface area contributed by atoms with Crippen molar-refractivity contribution in [2.24, 2.45) is 0 Å². The molecule has 3 rings (SSSR count). The standard InChI is InChI=1S/C15H15N3O2/c1-10-9-18-15(16-10)7-6-13(17-18)12-5-4-11(19-2)8-14(12)20-3/h4-9H,1-3H3. The summed E-state index contributed by atoms with van der Waals surface area (Å²) in [6.07, 6.45) is 1.90. The van der Waals surface area contributed by atoms with Crippen molar-refractivity contribution in [3.8, 4) is 22.8 Å². The molecule has 1 aromatic carbocycles. The maximum Gasteiger partial charge on any atom is 0.153 e. The van der Waals surface area contributed by atoms with Crippen LogP contribution < -0.4 is 9.47 Å². The lowest BCUT2D eigenvalue weighted by molar-refractivity contribution is 0.395. The number of benzene rings is 1. The zero-order valence-electron chi connectivity index (χ0n) is 11.6. The molecule has 0 aliphatic rings. The Balaban J connectivity index is 2.14. The zero-order chi connectivity index (χ0) is 14.1. The molecule has 0 unspecified atom stereocenters. The third kappa shape index (κ3) is 2.07. The van der Waals surface area contributed by atoms with Crippen LogP contribution in [-0.2, 0) is 0 Å². The van der Waals surface area contributed by atoms with Crippen LogP contribution >= 0.6 is 0 Å². The molecule has 0 saturated carbocycles. The molecule has 3 aromatic rings. The van der Waals surface area contributed by atoms with E-state index in [0.29, 0.717) is 0 Å². The summed E-state index contributed by atoms with van der Waals surface area (Å²) >= 11 is 0. The van der Waals surface area contributed by atoms with Gasteiger partial charge in [-0.2, -0.15) is 5.10 Å². The summed E-state index contributed by atoms with van der Waals surface area (Å²) in [7, 11) is 3.27. The molecule has 0 amide bonds. The van der Waals surface area contributed by atoms with Gasteiger partial charge >= 0.3 is 0 Å². The van der Waals surface area contributed by atoms with E-state index in [0.717, 1.165) is 34.1 Å². The summed E-state index contributed by atoms with van der Waals surface area (Å²) in [6.45, 7) is 1.95. The Bertz CT molecular complexity index is 765. The number of ether oxygens (including phenoxy) is 2. The topological polar surface area (TPSA) is 48.7 Å². The summed E-state index contributed by atoms with van der Waals surface area (Å²) in [5, 5.41) is 4.56. The fraction of sp³-hybridized carbons (Fsp3) is 0.200. The van der Waals surface area contributed by atoms with E-state index in [1.807, 2.05) is 43.5 Å². The van der Waals surface area contributed by atoms with Gasteiger partial charge in [0.05, 0.1) is 31.8 Å². The predicted octanol–water partition coefficient (Wildman–Crippen LogP) is 2.72. The van der Waals surface area contributed by atoms with Crippen molar-refractivity contribution in [3.05, 3.63) is 42.2 Å². The molecule has 0 N–H and O–H groups in total. The van der Waals surface area contributed by atoms with Crippen molar-refractivity contribution in [2.75, 3.05) is 14.2 Å². The predicted molar refractivity (Wildman–Crippen MR) is 76.3 cm³/mol. The lowest BCUT2D eigenvalue weighted by Crippen LogP contribution is -1.96. The third-order valence-electron chi connectivity index (χ3n) is 3.13. The van der Waals surface area contributed by atoms with Crippen LogP contribution in [0.5, 0.6) is 11.5 Å². The molecule has 102 valence electrons. The Labute approximate surface area is 116 Å². The third-order valence-corrected chi connectivity index (χ3v) is 3.13. The van der Waals surface area contributed by atoms with Crippen LogP contribution in [0.25, 0.3) is 16.9 Å². The van der Waals surface area contributed by atoms with Crippen molar-refractivity contribution in [1.29, 1.82) is 0 Å². The number of fused-ring (bicyclic) bond motifs is 1. The second-order valence-corrected chi connectivity index (χ2v) is 4.47. The lowest BCUT2D eigenvalue weighted by atomic mass is 10.1. The first-order valence-electron chi connectivity index (χ1n) is 6.26. The Hall–Kier alpha value is -2.56. The summed E-state index contributed by atoms with van der Waals surface area (Å²) in [5.74, 6) is 1.48. The summed E-state index contributed by atoms with van der Waals surface area (Å²) < 4.78 is 12.4. The monoisotopic (exact) mass is 269 g/mol. The van der Waals surface area contributed by atoms with Crippen LogP contribution in [-0.4, -0.2) is 28.8 Å². The van der Waals surface area contributed by atoms with Crippen LogP contribution in [0.15, 0.2) is 36.5 Å². The Morgan fingerprint density at radius 3 is 2.65 bits per heavy atom. The zero-order valence-corrected chi connectivity index (χ0v) is 11.6. The number of hydrogen-bond donors (Lipinski definition) is 0. The van der Waals surface area contributed by atoms with Gasteiger partial charge in [-0.15, -0.1) is 0 Å². The minimum absolute atomic E-state index is 0.730. The van der Waals surface area contributed by atoms with Gasteiger partial charge in [-0.25, -0.2) is 9.50 Å². The highest BCUT2D eigenvalue weighted by Gasteiger charge is 2.10. The number of imidazole rings is 1. The van der Waals surface area contributed by atoms with Crippen LogP contribution in [0.3, 0.4) is 0 Å². The fourth-order valence-corrected chi connectivity index (χ4v) is 2.15. The molecule has 0 spiro atoms. The van der Waals surface area contributed by atoms with Gasteiger partial charge in [0.25, 0.3) is 0 Å². The van der Waals surface area contributed by atoms with E-state index in [2.05, 4.69) is 10.1 Å². The summed E-state index contributed by atoms with van der Waals surface area (Å²) in [5.41, 5.74) is 3.52. The number of aromatic nitrogens is 3. The highest BCUT2D eigenvalue weighted by atomic mass is 16.5. The smallest absolute Gasteiger partial charge is 0.153 e. The highest BCUT2D eigenvalue weighted by Crippen LogP contribution is 2.32. The van der Waals surface area contributed by atoms with Gasteiger partial charge in [-0.05, 0) is 31.2 Å². The molecule has 0 aliphatic carbocycles. The second-order valence-electron chi connectivity index (χ2n) is 4.47. The van der Waals surface area contributed by atoms with E-state index >= 15 is 0 Å². The van der Waals surface area contributed by atoms with Gasteiger partial charge in [0.1, 0.15) is 11.5 Å². The Morgan fingerprint density at radius 1 is 1.05 bits per heavy atom. The van der Waals surface area contributed by atoms with Crippen LogP contribution in [0.2, 0.25) is 0 Å². The molecule has 0 fully saturated rings. The van der Waals surface area contributed by atoms with E-state index in [9.17, 15) is 0 Å². The molecule has 2 aromatic heterocycles. The fourth-order valence-electron chi connectivity index (χ4n) is 2.15. The molecule has 5 heteroatoms. The van der Waals surface area contributed by atoms with E-state index in [-0.39, 0.29) is 0 Å². The molecule has 0 saturated heterocycles. The quantitative estimate of drug-likeness (QED) is 0.733. The van der Waals surface area contributed by atoms with Gasteiger partial charge in [0.2, 0.25) is 0 Å². The molecule has 0 aliphatic heterocycles. The first-order valence-corrected chi connectivity index (χ1v) is 6.26. The van der Waals surface area contributed by atoms with Gasteiger partial charge in [0.15, 0.2) is 5.65 Å². The summed E-state index contributed by atoms with van der Waals surface area (Å²) in [6, 6.07) is 9.56. The molecular formula is C15H15N3O2. The molecule has 0 radical (unpaired) electrons. The van der Waals surface area contributed by atoms with Crippen molar-refractivity contribution in [1.82, 2.24) is 14.6 Å². The maximum absolute atomic E-state index is 5.41. The van der Waals surface area contributed by atoms with Crippen LogP contribution in [0.1, 0.15) is 5.69 Å². The lowest BCUT2D eigenvalue weighted by Gasteiger charge is -2.10. The van der Waals surface area contributed by atoms with E-state index in [1.165, 1.54) is 0 Å². The van der Waals surface area contributed by atoms with Crippen molar-refractivity contribution in [2.45, 2.75) is 6.92 Å². The number of nitrogens with zero attached hydrogens (tertiary/aromatic N) is 3. The number of aryl methyl sites for hydroxylation is 1. The van der Waals surface area contributed by atoms with Gasteiger partial charge < -0.3 is 9.47 Å². The SMILES string of the molecule is COc1ccc(-c2ccc3nc(C)cn3n2)c(OC)c1. The molecule has 0 atom stereocenters. The molecule has 0 bridgehead atoms. The molecule has 2 heterocycles. The molecular weight excluding hydrogens is 254 g/mol. The van der Waals surface area contributed by atoms with E-state index in [4.69, 9.17) is 9.47 Å². The molecule has 5 nitrogen and oxygen atoms in total. The summed E-state index contributed by atoms with van der Waals surface area (Å²) in [4.78, 5) is 4.37. The van der Waals surface area contributed by atoms with E-state index < -0.39 is 0 Å². The van der Waals surface area contributed by atoms with Gasteiger partial charge in [-0.3, -0.25) is 0 Å². The first-order chi connectivity index (χ1) is 9.71. The number of methoxy groups -OCH3 is 2. The average molecular weight is 269 g/mol. The van der Waals surface area contributed by atoms with Crippen molar-refractivity contribution >= 4 is 5.65 Å². The highest BCUT2D eigenvalue weighted by molar-refractivity contribution is 5.69. The van der Waals surface area contributed by atoms with Crippen LogP contribution in [0, 0.1) is 6.92 Å². The Morgan fingerprint density at radius 2 is 1.90 bits per heavy atom. The largest absolute Gasteiger partial charge is 0.497 e. The second kappa shape index (κ2) is 4.85. The van der Waals surface area contributed by atoms with E-state index in [1.54, 1.807) is 18.7 Å². The first kappa shape index (κ1) is 12.5. The molecule has 20 heavy (non-hydrogen) atoms. The van der Waals surface area contributed by atoms with Crippen molar-refractivity contribution < 1.29 is 9.47 Å². The van der Waals surface area contributed by atoms with Crippen LogP contribution in [0.4, 0.5) is 0 Å². The Kier molecular flexibility index (Phi) is 3.02. The van der Waals surface area contributed by atoms with Crippen molar-refractivity contribution in [3.63, 3.8) is 0 Å². The normalized spacial score (nSPS) is 10.8. The number of hydrogen-bond acceptors (Lipinski definition) is 4. The van der Waals surface area contributed by atoms with Gasteiger partial charge in [-0.1, -0.05) is 0 Å². The maximum atomic E-state index is 5.41. The minimum Gasteiger partial charge on any atom is -0.497 e. The number of rotatable bonds is 3.